The second-order valence-electron chi connectivity index (χ2n) is 5.30. The van der Waals surface area contributed by atoms with Crippen molar-refractivity contribution in [3.05, 3.63) is 38.0 Å². The summed E-state index contributed by atoms with van der Waals surface area (Å²) in [5, 5.41) is 6.91. The quantitative estimate of drug-likeness (QED) is 0.738. The number of methoxy groups -OCH3 is 1. The predicted octanol–water partition coefficient (Wildman–Crippen LogP) is 4.22. The summed E-state index contributed by atoms with van der Waals surface area (Å²) in [6, 6.07) is 4.63. The van der Waals surface area contributed by atoms with Gasteiger partial charge in [0.05, 0.1) is 18.3 Å². The molecule has 0 fully saturated rings. The number of thiazole rings is 1. The average molecular weight is 325 g/mol. The van der Waals surface area contributed by atoms with Gasteiger partial charge in [-0.15, -0.1) is 22.7 Å². The van der Waals surface area contributed by atoms with Gasteiger partial charge < -0.3 is 10.1 Å². The normalized spacial score (nSPS) is 13.0. The maximum Gasteiger partial charge on any atom is 0.115 e. The van der Waals surface area contributed by atoms with Crippen LogP contribution in [0.25, 0.3) is 0 Å². The summed E-state index contributed by atoms with van der Waals surface area (Å²) in [6.45, 7) is 8.12. The molecule has 1 N–H and O–H groups in total. The molecule has 0 amide bonds. The van der Waals surface area contributed by atoms with Crippen molar-refractivity contribution in [3.63, 3.8) is 0 Å². The first kappa shape index (κ1) is 16.6. The van der Waals surface area contributed by atoms with Crippen molar-refractivity contribution < 1.29 is 4.74 Å². The van der Waals surface area contributed by atoms with Gasteiger partial charge in [0, 0.05) is 28.8 Å². The zero-order chi connectivity index (χ0) is 15.2. The van der Waals surface area contributed by atoms with Crippen molar-refractivity contribution in [3.8, 4) is 0 Å². The molecule has 3 nitrogen and oxygen atoms in total. The zero-order valence-corrected chi connectivity index (χ0v) is 14.8. The fourth-order valence-electron chi connectivity index (χ4n) is 2.05. The fraction of sp³-hybridized carbons (Fsp3) is 0.562. The van der Waals surface area contributed by atoms with Crippen LogP contribution in [0.15, 0.2) is 17.5 Å². The van der Waals surface area contributed by atoms with E-state index in [1.54, 1.807) is 18.4 Å². The van der Waals surface area contributed by atoms with Crippen LogP contribution in [0.2, 0.25) is 0 Å². The Labute approximate surface area is 135 Å². The second kappa shape index (κ2) is 8.03. The number of nitrogens with zero attached hydrogens (tertiary/aromatic N) is 1. The Morgan fingerprint density at radius 3 is 2.71 bits per heavy atom. The van der Waals surface area contributed by atoms with E-state index >= 15 is 0 Å². The highest BCUT2D eigenvalue weighted by molar-refractivity contribution is 7.12. The van der Waals surface area contributed by atoms with Crippen LogP contribution in [0.1, 0.15) is 53.2 Å². The average Bonchev–Trinajstić information content (AvgIpc) is 3.13. The molecular weight excluding hydrogens is 300 g/mol. The second-order valence-corrected chi connectivity index (χ2v) is 7.39. The number of hydrogen-bond donors (Lipinski definition) is 1. The lowest BCUT2D eigenvalue weighted by molar-refractivity contribution is 0.197. The third kappa shape index (κ3) is 4.36. The molecule has 2 aromatic heterocycles. The molecule has 0 spiro atoms. The molecule has 0 aliphatic rings. The summed E-state index contributed by atoms with van der Waals surface area (Å²) in [4.78, 5) is 7.58. The molecule has 0 saturated heterocycles. The largest absolute Gasteiger partial charge is 0.383 e. The first-order valence-electron chi connectivity index (χ1n) is 7.42. The summed E-state index contributed by atoms with van der Waals surface area (Å²) in [7, 11) is 1.73. The Morgan fingerprint density at radius 1 is 1.33 bits per heavy atom. The van der Waals surface area contributed by atoms with E-state index in [-0.39, 0.29) is 6.04 Å². The van der Waals surface area contributed by atoms with Gasteiger partial charge in [-0.3, -0.25) is 0 Å². The van der Waals surface area contributed by atoms with E-state index in [9.17, 15) is 0 Å². The minimum atomic E-state index is 0.183. The van der Waals surface area contributed by atoms with Gasteiger partial charge >= 0.3 is 0 Å². The third-order valence-corrected chi connectivity index (χ3v) is 5.57. The summed E-state index contributed by atoms with van der Waals surface area (Å²) >= 11 is 3.62. The standard InChI is InChI=1S/C16H24N2OS2/c1-5-12-6-7-14(21-12)15(17-8-9-19-4)16-18-13(10-20-16)11(2)3/h6-7,10-11,15,17H,5,8-9H2,1-4H3. The minimum absolute atomic E-state index is 0.183. The number of rotatable bonds is 8. The lowest BCUT2D eigenvalue weighted by Gasteiger charge is -2.15. The first-order valence-corrected chi connectivity index (χ1v) is 9.11. The molecule has 2 rings (SSSR count). The highest BCUT2D eigenvalue weighted by Gasteiger charge is 2.20. The van der Waals surface area contributed by atoms with Crippen LogP contribution in [0.4, 0.5) is 0 Å². The van der Waals surface area contributed by atoms with Crippen molar-refractivity contribution in [1.82, 2.24) is 10.3 Å². The van der Waals surface area contributed by atoms with Gasteiger partial charge in [-0.25, -0.2) is 4.98 Å². The highest BCUT2D eigenvalue weighted by Crippen LogP contribution is 2.31. The molecule has 21 heavy (non-hydrogen) atoms. The number of thiophene rings is 1. The van der Waals surface area contributed by atoms with Crippen LogP contribution < -0.4 is 5.32 Å². The maximum absolute atomic E-state index is 5.16. The molecule has 0 aliphatic heterocycles. The Balaban J connectivity index is 2.21. The minimum Gasteiger partial charge on any atom is -0.383 e. The topological polar surface area (TPSA) is 34.1 Å². The Bertz CT molecular complexity index is 548. The van der Waals surface area contributed by atoms with Gasteiger partial charge in [-0.05, 0) is 24.5 Å². The molecule has 0 bridgehead atoms. The molecule has 0 aliphatic carbocycles. The lowest BCUT2D eigenvalue weighted by atomic mass is 10.1. The predicted molar refractivity (Wildman–Crippen MR) is 91.6 cm³/mol. The molecule has 1 atom stereocenters. The molecule has 1 unspecified atom stereocenters. The maximum atomic E-state index is 5.16. The van der Waals surface area contributed by atoms with Gasteiger partial charge in [0.25, 0.3) is 0 Å². The van der Waals surface area contributed by atoms with Gasteiger partial charge in [0.15, 0.2) is 0 Å². The molecule has 0 saturated carbocycles. The molecule has 2 aromatic rings. The van der Waals surface area contributed by atoms with E-state index in [0.717, 1.165) is 18.0 Å². The van der Waals surface area contributed by atoms with Gasteiger partial charge in [0.1, 0.15) is 5.01 Å². The number of hydrogen-bond acceptors (Lipinski definition) is 5. The monoisotopic (exact) mass is 324 g/mol. The summed E-state index contributed by atoms with van der Waals surface area (Å²) in [5.41, 5.74) is 1.18. The van der Waals surface area contributed by atoms with Gasteiger partial charge in [0.2, 0.25) is 0 Å². The zero-order valence-electron chi connectivity index (χ0n) is 13.2. The summed E-state index contributed by atoms with van der Waals surface area (Å²) in [5.74, 6) is 0.476. The molecular formula is C16H24N2OS2. The Hall–Kier alpha value is -0.750. The van der Waals surface area contributed by atoms with E-state index in [1.807, 2.05) is 11.3 Å². The molecule has 0 aromatic carbocycles. The lowest BCUT2D eigenvalue weighted by Crippen LogP contribution is -2.25. The van der Waals surface area contributed by atoms with Gasteiger partial charge in [-0.2, -0.15) is 0 Å². The SMILES string of the molecule is CCc1ccc(C(NCCOC)c2nc(C(C)C)cs2)s1. The van der Waals surface area contributed by atoms with Crippen LogP contribution in [-0.4, -0.2) is 25.2 Å². The van der Waals surface area contributed by atoms with Crippen LogP contribution in [0.5, 0.6) is 0 Å². The number of nitrogens with one attached hydrogen (secondary N) is 1. The van der Waals surface area contributed by atoms with Gasteiger partial charge in [-0.1, -0.05) is 20.8 Å². The van der Waals surface area contributed by atoms with Crippen LogP contribution in [0, 0.1) is 0 Å². The van der Waals surface area contributed by atoms with Crippen molar-refractivity contribution in [1.29, 1.82) is 0 Å². The van der Waals surface area contributed by atoms with E-state index in [0.29, 0.717) is 12.5 Å². The van der Waals surface area contributed by atoms with E-state index in [2.05, 4.69) is 43.6 Å². The molecule has 5 heteroatoms. The van der Waals surface area contributed by atoms with Crippen molar-refractivity contribution in [2.45, 2.75) is 39.2 Å². The smallest absolute Gasteiger partial charge is 0.115 e. The Morgan fingerprint density at radius 2 is 2.14 bits per heavy atom. The highest BCUT2D eigenvalue weighted by atomic mass is 32.1. The van der Waals surface area contributed by atoms with E-state index in [4.69, 9.17) is 9.72 Å². The van der Waals surface area contributed by atoms with Crippen molar-refractivity contribution in [2.75, 3.05) is 20.3 Å². The van der Waals surface area contributed by atoms with Crippen molar-refractivity contribution >= 4 is 22.7 Å². The number of aromatic nitrogens is 1. The summed E-state index contributed by atoms with van der Waals surface area (Å²) in [6.07, 6.45) is 1.09. The Kier molecular flexibility index (Phi) is 6.36. The summed E-state index contributed by atoms with van der Waals surface area (Å²) < 4.78 is 5.16. The number of aryl methyl sites for hydroxylation is 1. The van der Waals surface area contributed by atoms with E-state index < -0.39 is 0 Å². The van der Waals surface area contributed by atoms with E-state index in [1.165, 1.54) is 15.4 Å². The van der Waals surface area contributed by atoms with Crippen LogP contribution in [-0.2, 0) is 11.2 Å². The third-order valence-electron chi connectivity index (χ3n) is 3.35. The number of ether oxygens (including phenoxy) is 1. The first-order chi connectivity index (χ1) is 10.2. The van der Waals surface area contributed by atoms with Crippen molar-refractivity contribution in [2.24, 2.45) is 0 Å². The fourth-order valence-corrected chi connectivity index (χ4v) is 4.23. The molecule has 116 valence electrons. The van der Waals surface area contributed by atoms with Crippen LogP contribution >= 0.6 is 22.7 Å². The molecule has 0 radical (unpaired) electrons. The molecule has 2 heterocycles. The van der Waals surface area contributed by atoms with Crippen LogP contribution in [0.3, 0.4) is 0 Å².